The van der Waals surface area contributed by atoms with Crippen molar-refractivity contribution < 1.29 is 19.2 Å². The van der Waals surface area contributed by atoms with Crippen LogP contribution in [0.2, 0.25) is 0 Å². The molecule has 2 rings (SSSR count). The zero-order chi connectivity index (χ0) is 10.8. The van der Waals surface area contributed by atoms with Crippen molar-refractivity contribution in [3.63, 3.8) is 0 Å². The lowest BCUT2D eigenvalue weighted by molar-refractivity contribution is 0.0651. The fraction of sp³-hybridized carbons (Fsp3) is 0.444. The first-order chi connectivity index (χ1) is 7.16. The number of nitrogens with zero attached hydrogens (tertiary/aromatic N) is 1. The third-order valence-corrected chi connectivity index (χ3v) is 2.20. The standard InChI is InChI=1S/C9H10N2O4/c12-8(10-4-5-1-2-5)6-3-7(9(13)14)15-11-6/h3,5H,1-2,4H2,(H,10,12)(H,13,14). The molecule has 1 saturated carbocycles. The van der Waals surface area contributed by atoms with E-state index in [1.54, 1.807) is 0 Å². The van der Waals surface area contributed by atoms with Crippen molar-refractivity contribution in [3.8, 4) is 0 Å². The van der Waals surface area contributed by atoms with Crippen molar-refractivity contribution in [2.45, 2.75) is 12.8 Å². The largest absolute Gasteiger partial charge is 0.475 e. The number of hydrogen-bond donors (Lipinski definition) is 2. The number of carboxylic acids is 1. The van der Waals surface area contributed by atoms with E-state index in [1.807, 2.05) is 0 Å². The van der Waals surface area contributed by atoms with Gasteiger partial charge in [0.1, 0.15) is 0 Å². The van der Waals surface area contributed by atoms with E-state index >= 15 is 0 Å². The zero-order valence-corrected chi connectivity index (χ0v) is 7.90. The number of rotatable bonds is 4. The minimum atomic E-state index is -1.23. The molecule has 80 valence electrons. The minimum Gasteiger partial charge on any atom is -0.475 e. The Morgan fingerprint density at radius 1 is 1.60 bits per heavy atom. The van der Waals surface area contributed by atoms with Crippen LogP contribution in [0.25, 0.3) is 0 Å². The molecule has 0 saturated heterocycles. The van der Waals surface area contributed by atoms with Crippen molar-refractivity contribution in [1.29, 1.82) is 0 Å². The summed E-state index contributed by atoms with van der Waals surface area (Å²) in [7, 11) is 0. The van der Waals surface area contributed by atoms with Crippen molar-refractivity contribution in [2.75, 3.05) is 6.54 Å². The minimum absolute atomic E-state index is 0.00745. The van der Waals surface area contributed by atoms with E-state index in [2.05, 4.69) is 15.0 Å². The number of aromatic carboxylic acids is 1. The third kappa shape index (κ3) is 2.34. The second-order valence-electron chi connectivity index (χ2n) is 3.53. The van der Waals surface area contributed by atoms with Gasteiger partial charge in [0.2, 0.25) is 5.76 Å². The Kier molecular flexibility index (Phi) is 2.40. The van der Waals surface area contributed by atoms with Crippen LogP contribution in [0.15, 0.2) is 10.6 Å². The lowest BCUT2D eigenvalue weighted by Crippen LogP contribution is -2.25. The van der Waals surface area contributed by atoms with E-state index in [0.29, 0.717) is 12.5 Å². The van der Waals surface area contributed by atoms with Crippen LogP contribution in [0.3, 0.4) is 0 Å². The first kappa shape index (κ1) is 9.70. The summed E-state index contributed by atoms with van der Waals surface area (Å²) >= 11 is 0. The molecule has 0 unspecified atom stereocenters. The van der Waals surface area contributed by atoms with Gasteiger partial charge < -0.3 is 14.9 Å². The summed E-state index contributed by atoms with van der Waals surface area (Å²) in [5.74, 6) is -1.38. The summed E-state index contributed by atoms with van der Waals surface area (Å²) in [4.78, 5) is 21.8. The maximum atomic E-state index is 11.4. The molecule has 0 bridgehead atoms. The molecule has 6 nitrogen and oxygen atoms in total. The Bertz CT molecular complexity index is 395. The summed E-state index contributed by atoms with van der Waals surface area (Å²) in [5, 5.41) is 14.6. The molecular formula is C9H10N2O4. The fourth-order valence-electron chi connectivity index (χ4n) is 1.13. The smallest absolute Gasteiger partial charge is 0.374 e. The van der Waals surface area contributed by atoms with E-state index in [-0.39, 0.29) is 11.5 Å². The molecule has 0 spiro atoms. The van der Waals surface area contributed by atoms with E-state index in [1.165, 1.54) is 0 Å². The monoisotopic (exact) mass is 210 g/mol. The molecule has 0 radical (unpaired) electrons. The average molecular weight is 210 g/mol. The predicted molar refractivity (Wildman–Crippen MR) is 48.5 cm³/mol. The highest BCUT2D eigenvalue weighted by Gasteiger charge is 2.23. The molecule has 2 N–H and O–H groups in total. The predicted octanol–water partition coefficient (Wildman–Crippen LogP) is 0.513. The zero-order valence-electron chi connectivity index (χ0n) is 7.90. The second-order valence-corrected chi connectivity index (χ2v) is 3.53. The van der Waals surface area contributed by atoms with Crippen LogP contribution in [0, 0.1) is 5.92 Å². The van der Waals surface area contributed by atoms with Crippen molar-refractivity contribution in [1.82, 2.24) is 10.5 Å². The highest BCUT2D eigenvalue weighted by atomic mass is 16.5. The van der Waals surface area contributed by atoms with Crippen LogP contribution in [0.1, 0.15) is 33.9 Å². The third-order valence-electron chi connectivity index (χ3n) is 2.20. The molecule has 1 aromatic rings. The van der Waals surface area contributed by atoms with E-state index < -0.39 is 11.9 Å². The highest BCUT2D eigenvalue weighted by Crippen LogP contribution is 2.27. The van der Waals surface area contributed by atoms with Crippen LogP contribution in [0.4, 0.5) is 0 Å². The van der Waals surface area contributed by atoms with Gasteiger partial charge in [-0.1, -0.05) is 5.16 Å². The number of aromatic nitrogens is 1. The van der Waals surface area contributed by atoms with Crippen LogP contribution in [-0.2, 0) is 0 Å². The van der Waals surface area contributed by atoms with Crippen molar-refractivity contribution >= 4 is 11.9 Å². The van der Waals surface area contributed by atoms with Crippen LogP contribution in [0.5, 0.6) is 0 Å². The summed E-state index contributed by atoms with van der Waals surface area (Å²) in [6.07, 6.45) is 2.28. The van der Waals surface area contributed by atoms with Gasteiger partial charge in [0.25, 0.3) is 5.91 Å². The quantitative estimate of drug-likeness (QED) is 0.755. The van der Waals surface area contributed by atoms with Crippen molar-refractivity contribution in [3.05, 3.63) is 17.5 Å². The van der Waals surface area contributed by atoms with E-state index in [9.17, 15) is 9.59 Å². The Labute approximate surface area is 85.2 Å². The van der Waals surface area contributed by atoms with Crippen LogP contribution < -0.4 is 5.32 Å². The normalized spacial score (nSPS) is 14.9. The molecule has 0 aliphatic heterocycles. The first-order valence-corrected chi connectivity index (χ1v) is 4.65. The van der Waals surface area contributed by atoms with Crippen LogP contribution >= 0.6 is 0 Å². The number of carbonyl (C=O) groups excluding carboxylic acids is 1. The van der Waals surface area contributed by atoms with Gasteiger partial charge in [-0.15, -0.1) is 0 Å². The van der Waals surface area contributed by atoms with Gasteiger partial charge >= 0.3 is 5.97 Å². The second kappa shape index (κ2) is 3.72. The topological polar surface area (TPSA) is 92.4 Å². The van der Waals surface area contributed by atoms with E-state index in [4.69, 9.17) is 5.11 Å². The number of amides is 1. The highest BCUT2D eigenvalue weighted by molar-refractivity contribution is 5.94. The number of nitrogens with one attached hydrogen (secondary N) is 1. The van der Waals surface area contributed by atoms with Gasteiger partial charge in [-0.05, 0) is 18.8 Å². The molecule has 1 amide bonds. The van der Waals surface area contributed by atoms with E-state index in [0.717, 1.165) is 18.9 Å². The fourth-order valence-corrected chi connectivity index (χ4v) is 1.13. The maximum Gasteiger partial charge on any atom is 0.374 e. The number of carbonyl (C=O) groups is 2. The van der Waals surface area contributed by atoms with Gasteiger partial charge in [0.15, 0.2) is 5.69 Å². The van der Waals surface area contributed by atoms with Gasteiger partial charge in [-0.25, -0.2) is 4.79 Å². The van der Waals surface area contributed by atoms with Gasteiger partial charge in [-0.3, -0.25) is 4.79 Å². The summed E-state index contributed by atoms with van der Waals surface area (Å²) in [6, 6.07) is 1.12. The Balaban J connectivity index is 1.94. The molecular weight excluding hydrogens is 200 g/mol. The molecule has 1 heterocycles. The Morgan fingerprint density at radius 3 is 2.87 bits per heavy atom. The number of hydrogen-bond acceptors (Lipinski definition) is 4. The van der Waals surface area contributed by atoms with Gasteiger partial charge in [-0.2, -0.15) is 0 Å². The maximum absolute atomic E-state index is 11.4. The Morgan fingerprint density at radius 2 is 2.33 bits per heavy atom. The van der Waals surface area contributed by atoms with Crippen molar-refractivity contribution in [2.24, 2.45) is 5.92 Å². The molecule has 1 aliphatic rings. The summed E-state index contributed by atoms with van der Waals surface area (Å²) < 4.78 is 4.46. The molecule has 6 heteroatoms. The SMILES string of the molecule is O=C(NCC1CC1)c1cc(C(=O)O)on1. The first-order valence-electron chi connectivity index (χ1n) is 4.65. The lowest BCUT2D eigenvalue weighted by atomic mass is 10.3. The molecule has 1 aromatic heterocycles. The Hall–Kier alpha value is -1.85. The molecule has 0 aromatic carbocycles. The summed E-state index contributed by atoms with van der Waals surface area (Å²) in [5.41, 5.74) is 0.00745. The molecule has 0 atom stereocenters. The number of carboxylic acid groups (broad SMARTS) is 1. The molecule has 1 fully saturated rings. The average Bonchev–Trinajstić information content (AvgIpc) is 2.88. The summed E-state index contributed by atoms with van der Waals surface area (Å²) in [6.45, 7) is 0.619. The van der Waals surface area contributed by atoms with Crippen LogP contribution in [-0.4, -0.2) is 28.7 Å². The van der Waals surface area contributed by atoms with Gasteiger partial charge in [0, 0.05) is 12.6 Å². The van der Waals surface area contributed by atoms with Gasteiger partial charge in [0.05, 0.1) is 0 Å². The molecule has 15 heavy (non-hydrogen) atoms. The lowest BCUT2D eigenvalue weighted by Gasteiger charge is -1.98. The molecule has 1 aliphatic carbocycles.